The largest absolute Gasteiger partial charge is 0.342 e. The third kappa shape index (κ3) is 3.98. The van der Waals surface area contributed by atoms with Crippen molar-refractivity contribution in [3.63, 3.8) is 0 Å². The molecule has 1 amide bonds. The standard InChI is InChI=1S/C14H16ClNO2S/c15-12-5-4-11(9-17)13(8-12)19-10-14(18)16-6-2-1-3-7-16/h4-5,8-9H,1-3,6-7,10H2. The summed E-state index contributed by atoms with van der Waals surface area (Å²) in [6.45, 7) is 1.71. The molecule has 0 bridgehead atoms. The van der Waals surface area contributed by atoms with E-state index in [1.54, 1.807) is 18.2 Å². The van der Waals surface area contributed by atoms with Crippen LogP contribution < -0.4 is 0 Å². The molecule has 1 aliphatic heterocycles. The highest BCUT2D eigenvalue weighted by molar-refractivity contribution is 8.00. The van der Waals surface area contributed by atoms with Crippen molar-refractivity contribution in [2.75, 3.05) is 18.8 Å². The molecule has 1 saturated heterocycles. The van der Waals surface area contributed by atoms with E-state index in [0.717, 1.165) is 37.1 Å². The van der Waals surface area contributed by atoms with Gasteiger partial charge in [-0.15, -0.1) is 11.8 Å². The zero-order valence-corrected chi connectivity index (χ0v) is 12.2. The van der Waals surface area contributed by atoms with Crippen molar-refractivity contribution in [2.45, 2.75) is 24.2 Å². The van der Waals surface area contributed by atoms with Gasteiger partial charge >= 0.3 is 0 Å². The molecular weight excluding hydrogens is 282 g/mol. The first-order chi connectivity index (χ1) is 9.20. The molecule has 0 unspecified atom stereocenters. The fraction of sp³-hybridized carbons (Fsp3) is 0.429. The second-order valence-corrected chi connectivity index (χ2v) is 5.98. The van der Waals surface area contributed by atoms with Crippen LogP contribution in [0.25, 0.3) is 0 Å². The van der Waals surface area contributed by atoms with Gasteiger partial charge in [0.25, 0.3) is 0 Å². The van der Waals surface area contributed by atoms with Crippen LogP contribution in [0.2, 0.25) is 5.02 Å². The Balaban J connectivity index is 1.96. The molecule has 0 N–H and O–H groups in total. The first kappa shape index (κ1) is 14.4. The van der Waals surface area contributed by atoms with E-state index in [1.807, 2.05) is 4.90 Å². The second kappa shape index (κ2) is 6.96. The summed E-state index contributed by atoms with van der Waals surface area (Å²) in [7, 11) is 0. The van der Waals surface area contributed by atoms with E-state index in [2.05, 4.69) is 0 Å². The van der Waals surface area contributed by atoms with Crippen LogP contribution in [-0.2, 0) is 4.79 Å². The van der Waals surface area contributed by atoms with Gasteiger partial charge in [0.1, 0.15) is 0 Å². The fourth-order valence-electron chi connectivity index (χ4n) is 2.10. The first-order valence-electron chi connectivity index (χ1n) is 6.36. The lowest BCUT2D eigenvalue weighted by atomic mass is 10.1. The summed E-state index contributed by atoms with van der Waals surface area (Å²) in [4.78, 5) is 25.6. The number of hydrogen-bond acceptors (Lipinski definition) is 3. The second-order valence-electron chi connectivity index (χ2n) is 4.53. The number of hydrogen-bond donors (Lipinski definition) is 0. The number of rotatable bonds is 4. The van der Waals surface area contributed by atoms with Gasteiger partial charge in [0.2, 0.25) is 5.91 Å². The van der Waals surface area contributed by atoms with Crippen LogP contribution in [0.5, 0.6) is 0 Å². The molecule has 0 spiro atoms. The Morgan fingerprint density at radius 1 is 1.32 bits per heavy atom. The van der Waals surface area contributed by atoms with Gasteiger partial charge in [0.15, 0.2) is 6.29 Å². The van der Waals surface area contributed by atoms with Gasteiger partial charge in [-0.3, -0.25) is 9.59 Å². The molecule has 2 rings (SSSR count). The Hall–Kier alpha value is -1.00. The molecule has 0 aromatic heterocycles. The quantitative estimate of drug-likeness (QED) is 0.632. The zero-order chi connectivity index (χ0) is 13.7. The molecule has 1 heterocycles. The van der Waals surface area contributed by atoms with Crippen molar-refractivity contribution in [2.24, 2.45) is 0 Å². The lowest BCUT2D eigenvalue weighted by molar-refractivity contribution is -0.129. The van der Waals surface area contributed by atoms with Crippen molar-refractivity contribution < 1.29 is 9.59 Å². The van der Waals surface area contributed by atoms with Gasteiger partial charge in [-0.25, -0.2) is 0 Å². The molecule has 19 heavy (non-hydrogen) atoms. The van der Waals surface area contributed by atoms with Crippen LogP contribution in [0.1, 0.15) is 29.6 Å². The SMILES string of the molecule is O=Cc1ccc(Cl)cc1SCC(=O)N1CCCCC1. The Morgan fingerprint density at radius 3 is 2.74 bits per heavy atom. The third-order valence-electron chi connectivity index (χ3n) is 3.16. The minimum Gasteiger partial charge on any atom is -0.342 e. The van der Waals surface area contributed by atoms with E-state index in [1.165, 1.54) is 18.2 Å². The number of likely N-dealkylation sites (tertiary alicyclic amines) is 1. The molecule has 0 aliphatic carbocycles. The van der Waals surface area contributed by atoms with Crippen molar-refractivity contribution >= 4 is 35.6 Å². The monoisotopic (exact) mass is 297 g/mol. The number of thioether (sulfide) groups is 1. The summed E-state index contributed by atoms with van der Waals surface area (Å²) in [6.07, 6.45) is 4.19. The summed E-state index contributed by atoms with van der Waals surface area (Å²) in [5, 5.41) is 0.582. The highest BCUT2D eigenvalue weighted by Gasteiger charge is 2.17. The normalized spacial score (nSPS) is 15.3. The van der Waals surface area contributed by atoms with Crippen LogP contribution in [0.4, 0.5) is 0 Å². The molecule has 1 aromatic carbocycles. The van der Waals surface area contributed by atoms with Gasteiger partial charge in [-0.1, -0.05) is 11.6 Å². The van der Waals surface area contributed by atoms with E-state index >= 15 is 0 Å². The van der Waals surface area contributed by atoms with Gasteiger partial charge in [0.05, 0.1) is 5.75 Å². The maximum absolute atomic E-state index is 12.0. The predicted molar refractivity (Wildman–Crippen MR) is 78.0 cm³/mol. The van der Waals surface area contributed by atoms with E-state index in [9.17, 15) is 9.59 Å². The van der Waals surface area contributed by atoms with Crippen molar-refractivity contribution in [3.8, 4) is 0 Å². The molecule has 0 atom stereocenters. The molecule has 1 aromatic rings. The van der Waals surface area contributed by atoms with Crippen molar-refractivity contribution in [1.82, 2.24) is 4.90 Å². The maximum Gasteiger partial charge on any atom is 0.232 e. The molecular formula is C14H16ClNO2S. The molecule has 3 nitrogen and oxygen atoms in total. The summed E-state index contributed by atoms with van der Waals surface area (Å²) in [6, 6.07) is 5.10. The summed E-state index contributed by atoms with van der Waals surface area (Å²) in [5.74, 6) is 0.503. The van der Waals surface area contributed by atoms with Crippen molar-refractivity contribution in [3.05, 3.63) is 28.8 Å². The smallest absolute Gasteiger partial charge is 0.232 e. The molecule has 1 aliphatic rings. The van der Waals surface area contributed by atoms with E-state index in [4.69, 9.17) is 11.6 Å². The molecule has 0 radical (unpaired) electrons. The summed E-state index contributed by atoms with van der Waals surface area (Å²) in [5.41, 5.74) is 0.584. The Labute approximate surface area is 122 Å². The molecule has 102 valence electrons. The van der Waals surface area contributed by atoms with Crippen LogP contribution >= 0.6 is 23.4 Å². The van der Waals surface area contributed by atoms with E-state index in [0.29, 0.717) is 16.3 Å². The number of amides is 1. The predicted octanol–water partition coefficient (Wildman–Crippen LogP) is 3.26. The number of halogens is 1. The Morgan fingerprint density at radius 2 is 2.05 bits per heavy atom. The minimum atomic E-state index is 0.140. The zero-order valence-electron chi connectivity index (χ0n) is 10.6. The number of nitrogens with zero attached hydrogens (tertiary/aromatic N) is 1. The minimum absolute atomic E-state index is 0.140. The molecule has 0 saturated carbocycles. The average Bonchev–Trinajstić information content (AvgIpc) is 2.46. The topological polar surface area (TPSA) is 37.4 Å². The lowest BCUT2D eigenvalue weighted by Crippen LogP contribution is -2.36. The molecule has 5 heteroatoms. The number of aldehydes is 1. The van der Waals surface area contributed by atoms with Crippen LogP contribution in [0.3, 0.4) is 0 Å². The summed E-state index contributed by atoms with van der Waals surface area (Å²) < 4.78 is 0. The van der Waals surface area contributed by atoms with E-state index in [-0.39, 0.29) is 5.91 Å². The number of carbonyl (C=O) groups excluding carboxylic acids is 2. The molecule has 1 fully saturated rings. The van der Waals surface area contributed by atoms with E-state index < -0.39 is 0 Å². The van der Waals surface area contributed by atoms with Crippen molar-refractivity contribution in [1.29, 1.82) is 0 Å². The highest BCUT2D eigenvalue weighted by atomic mass is 35.5. The van der Waals surface area contributed by atoms with Crippen LogP contribution in [0.15, 0.2) is 23.1 Å². The highest BCUT2D eigenvalue weighted by Crippen LogP contribution is 2.26. The van der Waals surface area contributed by atoms with Gasteiger partial charge in [0, 0.05) is 28.6 Å². The number of carbonyl (C=O) groups is 2. The maximum atomic E-state index is 12.0. The summed E-state index contributed by atoms with van der Waals surface area (Å²) >= 11 is 7.29. The number of piperidine rings is 1. The van der Waals surface area contributed by atoms with Gasteiger partial charge < -0.3 is 4.90 Å². The number of benzene rings is 1. The first-order valence-corrected chi connectivity index (χ1v) is 7.72. The fourth-order valence-corrected chi connectivity index (χ4v) is 3.30. The Kier molecular flexibility index (Phi) is 5.28. The Bertz CT molecular complexity index is 473. The lowest BCUT2D eigenvalue weighted by Gasteiger charge is -2.26. The van der Waals surface area contributed by atoms with Crippen LogP contribution in [0, 0.1) is 0 Å². The van der Waals surface area contributed by atoms with Gasteiger partial charge in [-0.2, -0.15) is 0 Å². The van der Waals surface area contributed by atoms with Gasteiger partial charge in [-0.05, 0) is 37.5 Å². The average molecular weight is 298 g/mol. The third-order valence-corrected chi connectivity index (χ3v) is 4.45. The van der Waals surface area contributed by atoms with Crippen LogP contribution in [-0.4, -0.2) is 35.9 Å².